The monoisotopic (exact) mass is 427 g/mol. The summed E-state index contributed by atoms with van der Waals surface area (Å²) >= 11 is 0. The molecule has 4 aromatic rings. The van der Waals surface area contributed by atoms with E-state index in [4.69, 9.17) is 10.4 Å². The first-order chi connectivity index (χ1) is 15.6. The molecule has 3 heterocycles. The summed E-state index contributed by atoms with van der Waals surface area (Å²) in [4.78, 5) is 31.2. The van der Waals surface area contributed by atoms with Crippen molar-refractivity contribution in [2.75, 3.05) is 0 Å². The molecule has 7 heteroatoms. The molecule has 7 nitrogen and oxygen atoms in total. The fraction of sp³-hybridized carbons (Fsp3) is 0.280. The Morgan fingerprint density at radius 3 is 2.59 bits per heavy atom. The van der Waals surface area contributed by atoms with Gasteiger partial charge in [-0.15, -0.1) is 0 Å². The third kappa shape index (κ3) is 3.60. The lowest BCUT2D eigenvalue weighted by atomic mass is 9.94. The standard InChI is InChI=1S/C25H25N5O2/c26-22-19(24(31)27-16-17-9-3-1-4-10-17)15-20-23(30(22)18-11-5-2-6-12-18)28-21-13-7-8-14-29(21)25(20)32/h1,3-4,7-10,13-15,18,26H,2,5-6,11-12,16H2,(H,27,31). The molecule has 1 fully saturated rings. The van der Waals surface area contributed by atoms with Gasteiger partial charge in [0.2, 0.25) is 0 Å². The third-order valence-corrected chi connectivity index (χ3v) is 6.24. The predicted octanol–water partition coefficient (Wildman–Crippen LogP) is 3.56. The highest BCUT2D eigenvalue weighted by atomic mass is 16.1. The quantitative estimate of drug-likeness (QED) is 0.488. The molecule has 1 aromatic carbocycles. The molecule has 0 saturated heterocycles. The first-order valence-corrected chi connectivity index (χ1v) is 11.1. The molecule has 5 rings (SSSR count). The Hall–Kier alpha value is -3.74. The van der Waals surface area contributed by atoms with Gasteiger partial charge in [0.15, 0.2) is 0 Å². The van der Waals surface area contributed by atoms with E-state index in [-0.39, 0.29) is 28.6 Å². The van der Waals surface area contributed by atoms with Crippen molar-refractivity contribution in [3.63, 3.8) is 0 Å². The van der Waals surface area contributed by atoms with E-state index in [0.717, 1.165) is 31.2 Å². The molecule has 3 aromatic heterocycles. The second-order valence-electron chi connectivity index (χ2n) is 8.32. The van der Waals surface area contributed by atoms with Crippen molar-refractivity contribution >= 4 is 22.6 Å². The van der Waals surface area contributed by atoms with Crippen molar-refractivity contribution < 1.29 is 4.79 Å². The van der Waals surface area contributed by atoms with Crippen LogP contribution in [0.2, 0.25) is 0 Å². The van der Waals surface area contributed by atoms with Gasteiger partial charge in [-0.05, 0) is 36.6 Å². The largest absolute Gasteiger partial charge is 0.348 e. The molecule has 0 unspecified atom stereocenters. The molecule has 0 spiro atoms. The fourth-order valence-corrected chi connectivity index (χ4v) is 4.59. The van der Waals surface area contributed by atoms with Crippen LogP contribution in [-0.4, -0.2) is 19.9 Å². The Kier molecular flexibility index (Phi) is 5.31. The van der Waals surface area contributed by atoms with Gasteiger partial charge in [0, 0.05) is 18.8 Å². The van der Waals surface area contributed by atoms with Crippen LogP contribution in [0.4, 0.5) is 0 Å². The van der Waals surface area contributed by atoms with Crippen LogP contribution in [0.5, 0.6) is 0 Å². The highest BCUT2D eigenvalue weighted by Crippen LogP contribution is 2.29. The molecule has 0 radical (unpaired) electrons. The van der Waals surface area contributed by atoms with Crippen LogP contribution in [-0.2, 0) is 6.54 Å². The van der Waals surface area contributed by atoms with Crippen molar-refractivity contribution in [1.82, 2.24) is 19.3 Å². The van der Waals surface area contributed by atoms with Crippen LogP contribution in [0, 0.1) is 5.41 Å². The number of nitrogens with zero attached hydrogens (tertiary/aromatic N) is 3. The summed E-state index contributed by atoms with van der Waals surface area (Å²) in [7, 11) is 0. The number of benzene rings is 1. The van der Waals surface area contributed by atoms with Gasteiger partial charge in [0.25, 0.3) is 11.5 Å². The van der Waals surface area contributed by atoms with Crippen LogP contribution in [0.3, 0.4) is 0 Å². The van der Waals surface area contributed by atoms with Gasteiger partial charge in [0.05, 0.1) is 10.9 Å². The normalized spacial score (nSPS) is 14.6. The highest BCUT2D eigenvalue weighted by Gasteiger charge is 2.23. The van der Waals surface area contributed by atoms with Gasteiger partial charge >= 0.3 is 0 Å². The number of hydrogen-bond donors (Lipinski definition) is 2. The first-order valence-electron chi connectivity index (χ1n) is 11.1. The number of amides is 1. The van der Waals surface area contributed by atoms with Crippen LogP contribution >= 0.6 is 0 Å². The molecule has 32 heavy (non-hydrogen) atoms. The second kappa shape index (κ2) is 8.42. The number of aromatic nitrogens is 3. The number of rotatable bonds is 4. The van der Waals surface area contributed by atoms with E-state index < -0.39 is 0 Å². The summed E-state index contributed by atoms with van der Waals surface area (Å²) in [6.45, 7) is 0.357. The summed E-state index contributed by atoms with van der Waals surface area (Å²) in [6.07, 6.45) is 6.80. The zero-order chi connectivity index (χ0) is 22.1. The Morgan fingerprint density at radius 1 is 1.06 bits per heavy atom. The van der Waals surface area contributed by atoms with Crippen molar-refractivity contribution in [2.45, 2.75) is 44.7 Å². The molecular formula is C25H25N5O2. The van der Waals surface area contributed by atoms with Crippen molar-refractivity contribution in [3.05, 3.63) is 87.8 Å². The minimum atomic E-state index is -0.358. The van der Waals surface area contributed by atoms with Crippen LogP contribution in [0.25, 0.3) is 16.7 Å². The van der Waals surface area contributed by atoms with E-state index in [1.54, 1.807) is 18.3 Å². The maximum atomic E-state index is 13.3. The molecule has 1 aliphatic carbocycles. The number of pyridine rings is 2. The van der Waals surface area contributed by atoms with E-state index in [2.05, 4.69) is 5.32 Å². The molecule has 162 valence electrons. The lowest BCUT2D eigenvalue weighted by Crippen LogP contribution is -2.36. The van der Waals surface area contributed by atoms with Crippen LogP contribution in [0.1, 0.15) is 54.1 Å². The lowest BCUT2D eigenvalue weighted by molar-refractivity contribution is 0.0948. The van der Waals surface area contributed by atoms with E-state index in [9.17, 15) is 9.59 Å². The zero-order valence-corrected chi connectivity index (χ0v) is 17.8. The van der Waals surface area contributed by atoms with Gasteiger partial charge in [-0.3, -0.25) is 19.4 Å². The average molecular weight is 428 g/mol. The Bertz CT molecular complexity index is 1420. The minimum Gasteiger partial charge on any atom is -0.348 e. The maximum Gasteiger partial charge on any atom is 0.267 e. The van der Waals surface area contributed by atoms with Gasteiger partial charge in [-0.2, -0.15) is 0 Å². The molecule has 0 atom stereocenters. The smallest absolute Gasteiger partial charge is 0.267 e. The van der Waals surface area contributed by atoms with Crippen molar-refractivity contribution in [1.29, 1.82) is 5.41 Å². The Labute approximate surface area is 184 Å². The molecule has 0 bridgehead atoms. The Balaban J connectivity index is 1.67. The van der Waals surface area contributed by atoms with Crippen molar-refractivity contribution in [2.24, 2.45) is 0 Å². The summed E-state index contributed by atoms with van der Waals surface area (Å²) in [5, 5.41) is 12.2. The first kappa shape index (κ1) is 20.2. The summed E-state index contributed by atoms with van der Waals surface area (Å²) in [5.41, 5.74) is 2.08. The summed E-state index contributed by atoms with van der Waals surface area (Å²) in [5.74, 6) is -0.358. The van der Waals surface area contributed by atoms with E-state index in [1.165, 1.54) is 16.9 Å². The molecular weight excluding hydrogens is 402 g/mol. The highest BCUT2D eigenvalue weighted by molar-refractivity contribution is 5.96. The molecule has 1 aliphatic rings. The van der Waals surface area contributed by atoms with Crippen LogP contribution in [0.15, 0.2) is 65.6 Å². The van der Waals surface area contributed by atoms with Gasteiger partial charge in [-0.25, -0.2) is 4.98 Å². The molecule has 1 amide bonds. The topological polar surface area (TPSA) is 92.2 Å². The minimum absolute atomic E-state index is 0.0543. The number of carbonyl (C=O) groups is 1. The molecule has 0 aliphatic heterocycles. The average Bonchev–Trinajstić information content (AvgIpc) is 2.84. The van der Waals surface area contributed by atoms with Gasteiger partial charge in [0.1, 0.15) is 16.8 Å². The second-order valence-corrected chi connectivity index (χ2v) is 8.32. The maximum absolute atomic E-state index is 13.3. The SMILES string of the molecule is N=c1c(C(=O)NCc2ccccc2)cc2c(=O)n3ccccc3nc2n1C1CCCCC1. The lowest BCUT2D eigenvalue weighted by Gasteiger charge is -2.26. The third-order valence-electron chi connectivity index (χ3n) is 6.24. The molecule has 2 N–H and O–H groups in total. The van der Waals surface area contributed by atoms with Gasteiger partial charge < -0.3 is 9.88 Å². The van der Waals surface area contributed by atoms with Crippen LogP contribution < -0.4 is 16.4 Å². The number of carbonyl (C=O) groups excluding carboxylic acids is 1. The summed E-state index contributed by atoms with van der Waals surface area (Å²) in [6, 6.07) is 16.6. The van der Waals surface area contributed by atoms with Gasteiger partial charge in [-0.1, -0.05) is 55.7 Å². The van der Waals surface area contributed by atoms with E-state index >= 15 is 0 Å². The van der Waals surface area contributed by atoms with Crippen molar-refractivity contribution in [3.8, 4) is 0 Å². The fourth-order valence-electron chi connectivity index (χ4n) is 4.59. The number of nitrogens with one attached hydrogen (secondary N) is 2. The number of hydrogen-bond acceptors (Lipinski definition) is 4. The van der Waals surface area contributed by atoms with E-state index in [0.29, 0.717) is 23.2 Å². The molecule has 1 saturated carbocycles. The predicted molar refractivity (Wildman–Crippen MR) is 123 cm³/mol. The summed E-state index contributed by atoms with van der Waals surface area (Å²) < 4.78 is 3.31. The number of fused-ring (bicyclic) bond motifs is 2. The Morgan fingerprint density at radius 2 is 1.81 bits per heavy atom. The van der Waals surface area contributed by atoms with E-state index in [1.807, 2.05) is 41.0 Å². The zero-order valence-electron chi connectivity index (χ0n) is 17.8.